The summed E-state index contributed by atoms with van der Waals surface area (Å²) in [6, 6.07) is 1.78. The zero-order valence-corrected chi connectivity index (χ0v) is 11.2. The van der Waals surface area contributed by atoms with E-state index in [9.17, 15) is 0 Å². The number of hydrogen-bond acceptors (Lipinski definition) is 6. The summed E-state index contributed by atoms with van der Waals surface area (Å²) in [5.74, 6) is 1.89. The average Bonchev–Trinajstić information content (AvgIpc) is 2.37. The quantitative estimate of drug-likeness (QED) is 0.674. The molecule has 1 rings (SSSR count). The Labute approximate surface area is 108 Å². The molecule has 18 heavy (non-hydrogen) atoms. The number of aromatic nitrogens is 2. The van der Waals surface area contributed by atoms with Gasteiger partial charge in [-0.3, -0.25) is 0 Å². The van der Waals surface area contributed by atoms with Crippen LogP contribution in [-0.4, -0.2) is 43.9 Å². The molecule has 1 aromatic rings. The Morgan fingerprint density at radius 3 is 2.67 bits per heavy atom. The van der Waals surface area contributed by atoms with Gasteiger partial charge in [0.25, 0.3) is 0 Å². The summed E-state index contributed by atoms with van der Waals surface area (Å²) >= 11 is 0. The largest absolute Gasteiger partial charge is 0.478 e. The van der Waals surface area contributed by atoms with Gasteiger partial charge < -0.3 is 19.5 Å². The van der Waals surface area contributed by atoms with Crippen molar-refractivity contribution in [2.24, 2.45) is 0 Å². The number of rotatable bonds is 9. The molecule has 1 heterocycles. The van der Waals surface area contributed by atoms with E-state index in [1.807, 2.05) is 0 Å². The Morgan fingerprint density at radius 1 is 1.17 bits per heavy atom. The van der Waals surface area contributed by atoms with Crippen LogP contribution in [0.1, 0.15) is 19.2 Å². The van der Waals surface area contributed by atoms with Crippen LogP contribution in [-0.2, 0) is 16.1 Å². The van der Waals surface area contributed by atoms with Crippen molar-refractivity contribution in [2.45, 2.75) is 20.0 Å². The first-order valence-corrected chi connectivity index (χ1v) is 6.02. The maximum Gasteiger partial charge on any atom is 0.218 e. The van der Waals surface area contributed by atoms with Crippen molar-refractivity contribution in [3.63, 3.8) is 0 Å². The maximum absolute atomic E-state index is 5.51. The van der Waals surface area contributed by atoms with Crippen molar-refractivity contribution in [2.75, 3.05) is 39.3 Å². The van der Waals surface area contributed by atoms with E-state index < -0.39 is 0 Å². The SMILES string of the molecule is CCCOc1cc(NCCOC)nc(COC)n1. The summed E-state index contributed by atoms with van der Waals surface area (Å²) in [6.07, 6.45) is 0.941. The van der Waals surface area contributed by atoms with Gasteiger partial charge in [0.05, 0.1) is 13.2 Å². The minimum absolute atomic E-state index is 0.363. The van der Waals surface area contributed by atoms with E-state index >= 15 is 0 Å². The smallest absolute Gasteiger partial charge is 0.218 e. The normalized spacial score (nSPS) is 10.4. The first kappa shape index (κ1) is 14.7. The fourth-order valence-electron chi connectivity index (χ4n) is 1.32. The van der Waals surface area contributed by atoms with Crippen LogP contribution in [0.25, 0.3) is 0 Å². The summed E-state index contributed by atoms with van der Waals surface area (Å²) in [4.78, 5) is 8.58. The molecule has 1 aromatic heterocycles. The fraction of sp³-hybridized carbons (Fsp3) is 0.667. The summed E-state index contributed by atoms with van der Waals surface area (Å²) < 4.78 is 15.5. The molecular weight excluding hydrogens is 234 g/mol. The summed E-state index contributed by atoms with van der Waals surface area (Å²) in [5, 5.41) is 3.15. The number of nitrogens with zero attached hydrogens (tertiary/aromatic N) is 2. The van der Waals surface area contributed by atoms with Crippen LogP contribution in [0.15, 0.2) is 6.07 Å². The Hall–Kier alpha value is -1.40. The van der Waals surface area contributed by atoms with Crippen LogP contribution in [0.5, 0.6) is 5.88 Å². The number of hydrogen-bond donors (Lipinski definition) is 1. The van der Waals surface area contributed by atoms with E-state index in [1.165, 1.54) is 0 Å². The van der Waals surface area contributed by atoms with Gasteiger partial charge in [-0.2, -0.15) is 4.98 Å². The minimum atomic E-state index is 0.363. The molecule has 0 bridgehead atoms. The predicted octanol–water partition coefficient (Wildman–Crippen LogP) is 1.47. The molecule has 102 valence electrons. The Bertz CT molecular complexity index is 347. The molecule has 0 saturated heterocycles. The third kappa shape index (κ3) is 5.29. The molecule has 1 N–H and O–H groups in total. The van der Waals surface area contributed by atoms with Crippen LogP contribution in [0, 0.1) is 0 Å². The van der Waals surface area contributed by atoms with Crippen molar-refractivity contribution in [3.05, 3.63) is 11.9 Å². The van der Waals surface area contributed by atoms with Crippen molar-refractivity contribution < 1.29 is 14.2 Å². The second-order valence-corrected chi connectivity index (χ2v) is 3.71. The molecule has 6 nitrogen and oxygen atoms in total. The molecule has 0 radical (unpaired) electrons. The van der Waals surface area contributed by atoms with Gasteiger partial charge in [0.15, 0.2) is 5.82 Å². The summed E-state index contributed by atoms with van der Waals surface area (Å²) in [6.45, 7) is 4.36. The molecule has 0 spiro atoms. The van der Waals surface area contributed by atoms with E-state index in [0.717, 1.165) is 12.2 Å². The Balaban J connectivity index is 2.70. The first-order valence-electron chi connectivity index (χ1n) is 6.02. The molecule has 0 aromatic carbocycles. The van der Waals surface area contributed by atoms with Crippen molar-refractivity contribution in [3.8, 4) is 5.88 Å². The molecule has 6 heteroatoms. The molecule has 0 aliphatic rings. The Kier molecular flexibility index (Phi) is 7.05. The van der Waals surface area contributed by atoms with E-state index in [4.69, 9.17) is 14.2 Å². The van der Waals surface area contributed by atoms with Gasteiger partial charge in [0.2, 0.25) is 5.88 Å². The highest BCUT2D eigenvalue weighted by molar-refractivity contribution is 5.38. The Morgan fingerprint density at radius 2 is 2.00 bits per heavy atom. The van der Waals surface area contributed by atoms with E-state index in [-0.39, 0.29) is 0 Å². The number of nitrogens with one attached hydrogen (secondary N) is 1. The molecule has 0 aliphatic carbocycles. The molecule has 0 saturated carbocycles. The standard InChI is InChI=1S/C12H21N3O3/c1-4-6-18-12-8-10(13-5-7-16-2)14-11(15-12)9-17-3/h8H,4-7,9H2,1-3H3,(H,13,14,15). The van der Waals surface area contributed by atoms with Crippen molar-refractivity contribution >= 4 is 5.82 Å². The van der Waals surface area contributed by atoms with Crippen molar-refractivity contribution in [1.82, 2.24) is 9.97 Å². The molecule has 0 fully saturated rings. The van der Waals surface area contributed by atoms with Gasteiger partial charge in [-0.25, -0.2) is 4.98 Å². The van der Waals surface area contributed by atoms with E-state index in [1.54, 1.807) is 20.3 Å². The van der Waals surface area contributed by atoms with Crippen molar-refractivity contribution in [1.29, 1.82) is 0 Å². The molecule has 0 aliphatic heterocycles. The number of methoxy groups -OCH3 is 2. The van der Waals surface area contributed by atoms with Crippen LogP contribution in [0.3, 0.4) is 0 Å². The predicted molar refractivity (Wildman–Crippen MR) is 68.9 cm³/mol. The lowest BCUT2D eigenvalue weighted by molar-refractivity contribution is 0.176. The highest BCUT2D eigenvalue weighted by atomic mass is 16.5. The maximum atomic E-state index is 5.51. The minimum Gasteiger partial charge on any atom is -0.478 e. The monoisotopic (exact) mass is 255 g/mol. The van der Waals surface area contributed by atoms with Crippen LogP contribution in [0.4, 0.5) is 5.82 Å². The van der Waals surface area contributed by atoms with Gasteiger partial charge in [-0.05, 0) is 6.42 Å². The lowest BCUT2D eigenvalue weighted by Crippen LogP contribution is -2.11. The molecular formula is C12H21N3O3. The van der Waals surface area contributed by atoms with E-state index in [0.29, 0.717) is 38.1 Å². The average molecular weight is 255 g/mol. The molecule has 0 unspecified atom stereocenters. The lowest BCUT2D eigenvalue weighted by Gasteiger charge is -2.10. The third-order valence-corrected chi connectivity index (χ3v) is 2.09. The van der Waals surface area contributed by atoms with Gasteiger partial charge in [0.1, 0.15) is 12.4 Å². The van der Waals surface area contributed by atoms with Crippen LogP contribution in [0.2, 0.25) is 0 Å². The highest BCUT2D eigenvalue weighted by Gasteiger charge is 2.05. The number of ether oxygens (including phenoxy) is 3. The van der Waals surface area contributed by atoms with Gasteiger partial charge in [-0.1, -0.05) is 6.92 Å². The zero-order chi connectivity index (χ0) is 13.2. The second-order valence-electron chi connectivity index (χ2n) is 3.71. The third-order valence-electron chi connectivity index (χ3n) is 2.09. The fourth-order valence-corrected chi connectivity index (χ4v) is 1.32. The topological polar surface area (TPSA) is 65.5 Å². The zero-order valence-electron chi connectivity index (χ0n) is 11.2. The second kappa shape index (κ2) is 8.66. The van der Waals surface area contributed by atoms with Crippen LogP contribution >= 0.6 is 0 Å². The van der Waals surface area contributed by atoms with Gasteiger partial charge in [0, 0.05) is 26.8 Å². The van der Waals surface area contributed by atoms with Crippen LogP contribution < -0.4 is 10.1 Å². The first-order chi connectivity index (χ1) is 8.80. The summed E-state index contributed by atoms with van der Waals surface area (Å²) in [7, 11) is 3.27. The highest BCUT2D eigenvalue weighted by Crippen LogP contribution is 2.14. The number of anilines is 1. The van der Waals surface area contributed by atoms with E-state index in [2.05, 4.69) is 22.2 Å². The van der Waals surface area contributed by atoms with Gasteiger partial charge in [-0.15, -0.1) is 0 Å². The van der Waals surface area contributed by atoms with Gasteiger partial charge >= 0.3 is 0 Å². The molecule has 0 atom stereocenters. The molecule has 0 amide bonds. The lowest BCUT2D eigenvalue weighted by atomic mass is 10.5. The summed E-state index contributed by atoms with van der Waals surface area (Å²) in [5.41, 5.74) is 0.